The Hall–Kier alpha value is -7.61. The summed E-state index contributed by atoms with van der Waals surface area (Å²) in [6.07, 6.45) is 6.64. The van der Waals surface area contributed by atoms with Crippen LogP contribution >= 0.6 is 0 Å². The lowest BCUT2D eigenvalue weighted by Gasteiger charge is -2.22. The highest BCUT2D eigenvalue weighted by atomic mass is 14.7. The van der Waals surface area contributed by atoms with Gasteiger partial charge in [0, 0.05) is 17.2 Å². The Labute approximate surface area is 455 Å². The van der Waals surface area contributed by atoms with Crippen LogP contribution < -0.4 is 0 Å². The van der Waals surface area contributed by atoms with Crippen molar-refractivity contribution in [3.8, 4) is 44.6 Å². The van der Waals surface area contributed by atoms with E-state index in [-0.39, 0.29) is 5.41 Å². The van der Waals surface area contributed by atoms with E-state index in [1.165, 1.54) is 124 Å². The van der Waals surface area contributed by atoms with Gasteiger partial charge in [0.1, 0.15) is 0 Å². The minimum absolute atomic E-state index is 0.0888. The second-order valence-corrected chi connectivity index (χ2v) is 22.1. The number of pyridine rings is 1. The molecular formula is C75H77N. The molecule has 1 heteroatoms. The molecule has 1 heterocycles. The van der Waals surface area contributed by atoms with Gasteiger partial charge in [-0.25, -0.2) is 0 Å². The SMILES string of the molecule is CCCc1ccccc1-c1ccc(CC)cc1C.Cc1ccc2c(c1)C(C)(C)c1cc(C)c3ccccc3c1-2.Cc1ccc2c(c1)C1CC1c1ccccc1-2.Cc1cccc(-c2ccccn2)c1.Cc1cccc(C)c1. The molecule has 1 aromatic heterocycles. The highest BCUT2D eigenvalue weighted by molar-refractivity contribution is 6.03. The van der Waals surface area contributed by atoms with E-state index in [2.05, 4.69) is 263 Å². The Morgan fingerprint density at radius 3 is 1.70 bits per heavy atom. The summed E-state index contributed by atoms with van der Waals surface area (Å²) < 4.78 is 0. The van der Waals surface area contributed by atoms with Crippen LogP contribution in [0.1, 0.15) is 125 Å². The van der Waals surface area contributed by atoms with Crippen LogP contribution in [-0.2, 0) is 18.3 Å². The Bertz CT molecular complexity index is 3610. The van der Waals surface area contributed by atoms with Crippen LogP contribution in [0.4, 0.5) is 0 Å². The van der Waals surface area contributed by atoms with E-state index < -0.39 is 0 Å². The summed E-state index contributed by atoms with van der Waals surface area (Å²) in [6.45, 7) is 24.3. The van der Waals surface area contributed by atoms with Crippen molar-refractivity contribution in [2.45, 2.75) is 119 Å². The quantitative estimate of drug-likeness (QED) is 0.167. The molecule has 1 saturated carbocycles. The Balaban J connectivity index is 0.000000119. The van der Waals surface area contributed by atoms with E-state index in [1.54, 1.807) is 11.1 Å². The molecule has 2 atom stereocenters. The lowest BCUT2D eigenvalue weighted by molar-refractivity contribution is 0.659. The first-order valence-electron chi connectivity index (χ1n) is 27.8. The summed E-state index contributed by atoms with van der Waals surface area (Å²) in [5.41, 5.74) is 29.3. The first-order chi connectivity index (χ1) is 36.7. The molecular weight excluding hydrogens is 915 g/mol. The molecule has 382 valence electrons. The van der Waals surface area contributed by atoms with Crippen molar-refractivity contribution < 1.29 is 0 Å². The topological polar surface area (TPSA) is 12.9 Å². The Morgan fingerprint density at radius 2 is 1.03 bits per heavy atom. The lowest BCUT2D eigenvalue weighted by atomic mass is 9.81. The fraction of sp³-hybridized carbons (Fsp3) is 0.240. The van der Waals surface area contributed by atoms with Crippen LogP contribution in [0.2, 0.25) is 0 Å². The van der Waals surface area contributed by atoms with Gasteiger partial charge in [-0.2, -0.15) is 0 Å². The molecule has 1 nitrogen and oxygen atoms in total. The molecule has 0 spiro atoms. The summed E-state index contributed by atoms with van der Waals surface area (Å²) in [4.78, 5) is 4.29. The number of benzene rings is 9. The molecule has 3 aliphatic rings. The number of rotatable bonds is 5. The van der Waals surface area contributed by atoms with E-state index in [0.717, 1.165) is 30.4 Å². The van der Waals surface area contributed by atoms with E-state index >= 15 is 0 Å². The van der Waals surface area contributed by atoms with Crippen molar-refractivity contribution in [3.05, 3.63) is 279 Å². The zero-order valence-corrected chi connectivity index (χ0v) is 47.1. The van der Waals surface area contributed by atoms with E-state index in [9.17, 15) is 0 Å². The second-order valence-electron chi connectivity index (χ2n) is 22.1. The molecule has 3 aliphatic carbocycles. The van der Waals surface area contributed by atoms with E-state index in [1.807, 2.05) is 24.4 Å². The van der Waals surface area contributed by atoms with Crippen molar-refractivity contribution in [2.75, 3.05) is 0 Å². The van der Waals surface area contributed by atoms with Gasteiger partial charge in [-0.3, -0.25) is 4.98 Å². The predicted octanol–water partition coefficient (Wildman–Crippen LogP) is 20.5. The molecule has 0 N–H and O–H groups in total. The fourth-order valence-corrected chi connectivity index (χ4v) is 11.7. The minimum Gasteiger partial charge on any atom is -0.256 e. The summed E-state index contributed by atoms with van der Waals surface area (Å²) in [6, 6.07) is 72.3. The van der Waals surface area contributed by atoms with Gasteiger partial charge in [-0.15, -0.1) is 0 Å². The van der Waals surface area contributed by atoms with Crippen molar-refractivity contribution >= 4 is 10.8 Å². The number of fused-ring (bicyclic) bond motifs is 11. The third-order valence-corrected chi connectivity index (χ3v) is 15.8. The molecule has 0 amide bonds. The normalized spacial score (nSPS) is 14.5. The summed E-state index contributed by atoms with van der Waals surface area (Å²) in [5.74, 6) is 1.62. The molecule has 0 bridgehead atoms. The Kier molecular flexibility index (Phi) is 16.5. The van der Waals surface area contributed by atoms with Crippen LogP contribution in [-0.4, -0.2) is 4.98 Å². The molecule has 0 saturated heterocycles. The number of aromatic nitrogens is 1. The van der Waals surface area contributed by atoms with Crippen molar-refractivity contribution in [3.63, 3.8) is 0 Å². The maximum Gasteiger partial charge on any atom is 0.0702 e. The Morgan fingerprint density at radius 1 is 0.434 bits per heavy atom. The van der Waals surface area contributed by atoms with Gasteiger partial charge in [-0.05, 0) is 186 Å². The zero-order valence-electron chi connectivity index (χ0n) is 47.1. The number of hydrogen-bond donors (Lipinski definition) is 0. The highest BCUT2D eigenvalue weighted by Crippen LogP contribution is 2.62. The third kappa shape index (κ3) is 11.8. The maximum atomic E-state index is 4.29. The van der Waals surface area contributed by atoms with Crippen LogP contribution in [0.15, 0.2) is 206 Å². The van der Waals surface area contributed by atoms with Gasteiger partial charge in [0.05, 0.1) is 5.69 Å². The monoisotopic (exact) mass is 992 g/mol. The summed E-state index contributed by atoms with van der Waals surface area (Å²) in [7, 11) is 0. The van der Waals surface area contributed by atoms with Crippen molar-refractivity contribution in [1.82, 2.24) is 4.98 Å². The largest absolute Gasteiger partial charge is 0.256 e. The first kappa shape index (κ1) is 53.2. The van der Waals surface area contributed by atoms with Crippen LogP contribution in [0.3, 0.4) is 0 Å². The van der Waals surface area contributed by atoms with E-state index in [4.69, 9.17) is 0 Å². The second kappa shape index (κ2) is 23.5. The lowest BCUT2D eigenvalue weighted by Crippen LogP contribution is -2.15. The first-order valence-corrected chi connectivity index (χ1v) is 27.8. The van der Waals surface area contributed by atoms with Crippen LogP contribution in [0.5, 0.6) is 0 Å². The summed E-state index contributed by atoms with van der Waals surface area (Å²) in [5, 5.41) is 2.77. The molecule has 2 unspecified atom stereocenters. The van der Waals surface area contributed by atoms with Gasteiger partial charge in [0.25, 0.3) is 0 Å². The van der Waals surface area contributed by atoms with Crippen LogP contribution in [0, 0.1) is 48.5 Å². The van der Waals surface area contributed by atoms with Gasteiger partial charge in [0.2, 0.25) is 0 Å². The molecule has 10 aromatic rings. The molecule has 0 aliphatic heterocycles. The molecule has 9 aromatic carbocycles. The smallest absolute Gasteiger partial charge is 0.0702 e. The highest BCUT2D eigenvalue weighted by Gasteiger charge is 2.45. The van der Waals surface area contributed by atoms with Crippen molar-refractivity contribution in [2.24, 2.45) is 0 Å². The van der Waals surface area contributed by atoms with Crippen LogP contribution in [0.25, 0.3) is 55.4 Å². The van der Waals surface area contributed by atoms with Gasteiger partial charge in [-0.1, -0.05) is 244 Å². The standard InChI is InChI=1S/C21H20.C18H22.C16H14.C12H11N.C8H10/c1-13-9-10-17-18(11-13)21(3,4)19-12-14(2)15-7-5-6-8-16(15)20(17)19;1-4-8-16-9-6-7-10-18(16)17-12-11-15(5-2)13-14(17)3;1-10-6-7-13-11-4-2-3-5-12(11)15-9-16(15)14(13)8-10;1-10-5-4-6-11(9-10)12-7-2-3-8-13-12;1-7-4-3-5-8(2)6-7/h5-12H,1-4H3;6-7,9-13H,4-5,8H2,1-3H3;2-8,15-16H,9H2,1H3;2-9H,1H3;3-6H,1-2H3. The van der Waals surface area contributed by atoms with Crippen molar-refractivity contribution in [1.29, 1.82) is 0 Å². The molecule has 1 fully saturated rings. The molecule has 76 heavy (non-hydrogen) atoms. The maximum absolute atomic E-state index is 4.29. The number of aryl methyl sites for hydroxylation is 9. The third-order valence-electron chi connectivity index (χ3n) is 15.8. The fourth-order valence-electron chi connectivity index (χ4n) is 11.7. The number of nitrogens with zero attached hydrogens (tertiary/aromatic N) is 1. The average Bonchev–Trinajstić information content (AvgIpc) is 4.34. The minimum atomic E-state index is 0.0888. The number of hydrogen-bond acceptors (Lipinski definition) is 1. The predicted molar refractivity (Wildman–Crippen MR) is 328 cm³/mol. The van der Waals surface area contributed by atoms with Gasteiger partial charge in [0.15, 0.2) is 0 Å². The zero-order chi connectivity index (χ0) is 53.5. The van der Waals surface area contributed by atoms with Gasteiger partial charge < -0.3 is 0 Å². The van der Waals surface area contributed by atoms with Gasteiger partial charge >= 0.3 is 0 Å². The molecule has 0 radical (unpaired) electrons. The summed E-state index contributed by atoms with van der Waals surface area (Å²) >= 11 is 0. The van der Waals surface area contributed by atoms with E-state index in [0.29, 0.717) is 0 Å². The average molecular weight is 992 g/mol. The molecule has 13 rings (SSSR count).